The molecule has 2 aromatic rings. The van der Waals surface area contributed by atoms with Crippen LogP contribution in [0.15, 0.2) is 60.7 Å². The molecule has 3 rings (SSSR count). The number of rotatable bonds is 3. The quantitative estimate of drug-likeness (QED) is 0.813. The Morgan fingerprint density at radius 3 is 2.05 bits per heavy atom. The lowest BCUT2D eigenvalue weighted by Crippen LogP contribution is -2.33. The second kappa shape index (κ2) is 4.88. The van der Waals surface area contributed by atoms with Gasteiger partial charge in [-0.1, -0.05) is 43.3 Å². The summed E-state index contributed by atoms with van der Waals surface area (Å²) in [5, 5.41) is 0. The van der Waals surface area contributed by atoms with Gasteiger partial charge in [0.1, 0.15) is 0 Å². The fraction of sp³-hybridized carbons (Fsp3) is 0.235. The van der Waals surface area contributed by atoms with E-state index in [-0.39, 0.29) is 5.91 Å². The largest absolute Gasteiger partial charge is 0.305 e. The van der Waals surface area contributed by atoms with Crippen molar-refractivity contribution in [2.24, 2.45) is 5.92 Å². The summed E-state index contributed by atoms with van der Waals surface area (Å²) in [6.45, 7) is 2.19. The average Bonchev–Trinajstić information content (AvgIpc) is 3.18. The molecule has 0 unspecified atom stereocenters. The zero-order valence-electron chi connectivity index (χ0n) is 11.0. The standard InChI is InChI=1S/C17H17NO/c1-13-12-16(13)18(15-10-6-3-7-11-15)17(19)14-8-4-2-5-9-14/h2-11,13,16H,12H2,1H3/t13-,16+/m1/s1. The number of para-hydroxylation sites is 1. The van der Waals surface area contributed by atoms with Gasteiger partial charge in [0.15, 0.2) is 0 Å². The summed E-state index contributed by atoms with van der Waals surface area (Å²) in [6, 6.07) is 19.8. The van der Waals surface area contributed by atoms with Gasteiger partial charge in [-0.05, 0) is 36.6 Å². The molecular weight excluding hydrogens is 234 g/mol. The van der Waals surface area contributed by atoms with E-state index in [1.165, 1.54) is 0 Å². The molecule has 2 aromatic carbocycles. The summed E-state index contributed by atoms with van der Waals surface area (Å²) in [4.78, 5) is 14.6. The Hall–Kier alpha value is -2.09. The first kappa shape index (κ1) is 12.0. The molecule has 1 saturated carbocycles. The van der Waals surface area contributed by atoms with E-state index in [2.05, 4.69) is 6.92 Å². The molecule has 2 nitrogen and oxygen atoms in total. The predicted octanol–water partition coefficient (Wildman–Crippen LogP) is 3.74. The topological polar surface area (TPSA) is 20.3 Å². The molecule has 0 spiro atoms. The highest BCUT2D eigenvalue weighted by Gasteiger charge is 2.41. The van der Waals surface area contributed by atoms with Crippen LogP contribution in [0, 0.1) is 5.92 Å². The fourth-order valence-corrected chi connectivity index (χ4v) is 2.43. The first-order valence-corrected chi connectivity index (χ1v) is 6.71. The minimum atomic E-state index is 0.0983. The van der Waals surface area contributed by atoms with Crippen LogP contribution in [0.3, 0.4) is 0 Å². The van der Waals surface area contributed by atoms with Crippen LogP contribution in [-0.4, -0.2) is 11.9 Å². The number of amides is 1. The van der Waals surface area contributed by atoms with Crippen LogP contribution >= 0.6 is 0 Å². The van der Waals surface area contributed by atoms with E-state index in [1.54, 1.807) is 0 Å². The van der Waals surface area contributed by atoms with Gasteiger partial charge in [-0.15, -0.1) is 0 Å². The Morgan fingerprint density at radius 2 is 1.53 bits per heavy atom. The van der Waals surface area contributed by atoms with Gasteiger partial charge in [-0.25, -0.2) is 0 Å². The summed E-state index contributed by atoms with van der Waals surface area (Å²) in [5.74, 6) is 0.689. The number of hydrogen-bond donors (Lipinski definition) is 0. The van der Waals surface area contributed by atoms with Crippen LogP contribution in [0.1, 0.15) is 23.7 Å². The van der Waals surface area contributed by atoms with Gasteiger partial charge in [0, 0.05) is 17.3 Å². The number of benzene rings is 2. The van der Waals surface area contributed by atoms with Gasteiger partial charge in [-0.2, -0.15) is 0 Å². The van der Waals surface area contributed by atoms with E-state index in [0.717, 1.165) is 17.7 Å². The number of hydrogen-bond acceptors (Lipinski definition) is 1. The Morgan fingerprint density at radius 1 is 1.00 bits per heavy atom. The van der Waals surface area contributed by atoms with Gasteiger partial charge in [0.2, 0.25) is 0 Å². The molecule has 0 heterocycles. The van der Waals surface area contributed by atoms with Gasteiger partial charge in [0.05, 0.1) is 0 Å². The second-order valence-electron chi connectivity index (χ2n) is 5.16. The number of anilines is 1. The van der Waals surface area contributed by atoms with E-state index in [1.807, 2.05) is 65.6 Å². The van der Waals surface area contributed by atoms with Crippen molar-refractivity contribution >= 4 is 11.6 Å². The van der Waals surface area contributed by atoms with Crippen molar-refractivity contribution in [2.45, 2.75) is 19.4 Å². The normalized spacial score (nSPS) is 20.9. The van der Waals surface area contributed by atoms with Crippen LogP contribution in [0.25, 0.3) is 0 Å². The van der Waals surface area contributed by atoms with Crippen molar-refractivity contribution in [3.8, 4) is 0 Å². The molecule has 0 N–H and O–H groups in total. The molecule has 2 heteroatoms. The maximum Gasteiger partial charge on any atom is 0.258 e. The van der Waals surface area contributed by atoms with Crippen molar-refractivity contribution in [2.75, 3.05) is 4.90 Å². The molecule has 0 aliphatic heterocycles. The summed E-state index contributed by atoms with van der Waals surface area (Å²) < 4.78 is 0. The molecule has 1 fully saturated rings. The smallest absolute Gasteiger partial charge is 0.258 e. The van der Waals surface area contributed by atoms with E-state index in [0.29, 0.717) is 12.0 Å². The van der Waals surface area contributed by atoms with Crippen molar-refractivity contribution in [3.63, 3.8) is 0 Å². The SMILES string of the molecule is C[C@@H]1C[C@@H]1N(C(=O)c1ccccc1)c1ccccc1. The zero-order valence-corrected chi connectivity index (χ0v) is 11.0. The molecule has 1 amide bonds. The Balaban J connectivity index is 1.95. The van der Waals surface area contributed by atoms with Gasteiger partial charge in [0.25, 0.3) is 5.91 Å². The highest BCUT2D eigenvalue weighted by Crippen LogP contribution is 2.38. The predicted molar refractivity (Wildman–Crippen MR) is 77.3 cm³/mol. The summed E-state index contributed by atoms with van der Waals surface area (Å²) in [5.41, 5.74) is 1.75. The maximum absolute atomic E-state index is 12.7. The third kappa shape index (κ3) is 2.39. The molecule has 1 aliphatic carbocycles. The van der Waals surface area contributed by atoms with Crippen LogP contribution in [0.4, 0.5) is 5.69 Å². The van der Waals surface area contributed by atoms with Crippen molar-refractivity contribution in [1.29, 1.82) is 0 Å². The van der Waals surface area contributed by atoms with E-state index < -0.39 is 0 Å². The third-order valence-corrected chi connectivity index (χ3v) is 3.67. The van der Waals surface area contributed by atoms with Crippen LogP contribution in [0.2, 0.25) is 0 Å². The molecule has 2 atom stereocenters. The highest BCUT2D eigenvalue weighted by molar-refractivity contribution is 6.06. The van der Waals surface area contributed by atoms with E-state index in [4.69, 9.17) is 0 Å². The molecule has 1 aliphatic rings. The fourth-order valence-electron chi connectivity index (χ4n) is 2.43. The zero-order chi connectivity index (χ0) is 13.2. The molecule has 0 saturated heterocycles. The Kier molecular flexibility index (Phi) is 3.08. The lowest BCUT2D eigenvalue weighted by Gasteiger charge is -2.23. The van der Waals surface area contributed by atoms with Gasteiger partial charge >= 0.3 is 0 Å². The van der Waals surface area contributed by atoms with E-state index in [9.17, 15) is 4.79 Å². The van der Waals surface area contributed by atoms with Crippen LogP contribution < -0.4 is 4.90 Å². The molecule has 0 bridgehead atoms. The molecule has 96 valence electrons. The van der Waals surface area contributed by atoms with Crippen LogP contribution in [-0.2, 0) is 0 Å². The molecule has 19 heavy (non-hydrogen) atoms. The first-order valence-electron chi connectivity index (χ1n) is 6.71. The lowest BCUT2D eigenvalue weighted by atomic mass is 10.1. The van der Waals surface area contributed by atoms with Crippen molar-refractivity contribution in [1.82, 2.24) is 0 Å². The summed E-state index contributed by atoms with van der Waals surface area (Å²) >= 11 is 0. The van der Waals surface area contributed by atoms with Crippen molar-refractivity contribution < 1.29 is 4.79 Å². The number of carbonyl (C=O) groups excluding carboxylic acids is 1. The molecule has 0 aromatic heterocycles. The van der Waals surface area contributed by atoms with E-state index >= 15 is 0 Å². The minimum Gasteiger partial charge on any atom is -0.305 e. The maximum atomic E-state index is 12.7. The first-order chi connectivity index (χ1) is 9.27. The van der Waals surface area contributed by atoms with Crippen LogP contribution in [0.5, 0.6) is 0 Å². The summed E-state index contributed by atoms with van der Waals surface area (Å²) in [6.07, 6.45) is 1.09. The van der Waals surface area contributed by atoms with Gasteiger partial charge < -0.3 is 4.90 Å². The Bertz CT molecular complexity index is 564. The molecular formula is C17H17NO. The molecule has 0 radical (unpaired) electrons. The number of carbonyl (C=O) groups is 1. The third-order valence-electron chi connectivity index (χ3n) is 3.67. The monoisotopic (exact) mass is 251 g/mol. The average molecular weight is 251 g/mol. The highest BCUT2D eigenvalue weighted by atomic mass is 16.2. The Labute approximate surface area is 113 Å². The minimum absolute atomic E-state index is 0.0983. The van der Waals surface area contributed by atoms with Crippen molar-refractivity contribution in [3.05, 3.63) is 66.2 Å². The van der Waals surface area contributed by atoms with Gasteiger partial charge in [-0.3, -0.25) is 4.79 Å². The number of nitrogens with zero attached hydrogens (tertiary/aromatic N) is 1. The summed E-state index contributed by atoms with van der Waals surface area (Å²) in [7, 11) is 0. The lowest BCUT2D eigenvalue weighted by molar-refractivity contribution is 0.0984. The second-order valence-corrected chi connectivity index (χ2v) is 5.16.